The molecule has 2 aromatic carbocycles. The lowest BCUT2D eigenvalue weighted by molar-refractivity contribution is 0.386. The lowest BCUT2D eigenvalue weighted by atomic mass is 9.99. The van der Waals surface area contributed by atoms with E-state index < -0.39 is 5.82 Å². The highest BCUT2D eigenvalue weighted by atomic mass is 19.1. The van der Waals surface area contributed by atoms with Crippen molar-refractivity contribution in [2.45, 2.75) is 19.9 Å². The van der Waals surface area contributed by atoms with Gasteiger partial charge in [-0.3, -0.25) is 0 Å². The molecule has 0 amide bonds. The second-order valence-electron chi connectivity index (χ2n) is 4.83. The molecule has 4 heteroatoms. The molecule has 0 aliphatic heterocycles. The molecule has 0 bridgehead atoms. The van der Waals surface area contributed by atoms with E-state index in [0.29, 0.717) is 17.7 Å². The van der Waals surface area contributed by atoms with Crippen LogP contribution in [0.1, 0.15) is 18.9 Å². The van der Waals surface area contributed by atoms with Gasteiger partial charge in [-0.1, -0.05) is 19.1 Å². The Morgan fingerprint density at radius 3 is 2.57 bits per heavy atom. The minimum atomic E-state index is -0.452. The van der Waals surface area contributed by atoms with Crippen molar-refractivity contribution in [3.63, 3.8) is 0 Å². The first-order valence-corrected chi connectivity index (χ1v) is 6.98. The molecule has 21 heavy (non-hydrogen) atoms. The largest absolute Gasteiger partial charge is 0.494 e. The Hall–Kier alpha value is -1.94. The normalized spacial score (nSPS) is 10.7. The molecule has 0 spiro atoms. The lowest BCUT2D eigenvalue weighted by Crippen LogP contribution is -2.14. The smallest absolute Gasteiger partial charge is 0.165 e. The number of nitrogens with one attached hydrogen (secondary N) is 1. The van der Waals surface area contributed by atoms with Gasteiger partial charge >= 0.3 is 0 Å². The number of benzene rings is 2. The van der Waals surface area contributed by atoms with Crippen LogP contribution in [0.3, 0.4) is 0 Å². The second kappa shape index (κ2) is 7.18. The van der Waals surface area contributed by atoms with Gasteiger partial charge in [0.05, 0.1) is 7.11 Å². The summed E-state index contributed by atoms with van der Waals surface area (Å²) in [5, 5.41) is 3.28. The molecule has 0 aromatic heterocycles. The Morgan fingerprint density at radius 1 is 1.10 bits per heavy atom. The maximum Gasteiger partial charge on any atom is 0.165 e. The molecule has 0 heterocycles. The van der Waals surface area contributed by atoms with Gasteiger partial charge in [-0.15, -0.1) is 0 Å². The summed E-state index contributed by atoms with van der Waals surface area (Å²) in [6.07, 6.45) is 1.02. The van der Waals surface area contributed by atoms with Crippen LogP contribution in [0, 0.1) is 11.6 Å². The van der Waals surface area contributed by atoms with Gasteiger partial charge in [-0.25, -0.2) is 8.78 Å². The van der Waals surface area contributed by atoms with Crippen molar-refractivity contribution in [1.82, 2.24) is 5.32 Å². The van der Waals surface area contributed by atoms with Crippen LogP contribution in [-0.2, 0) is 6.54 Å². The Bertz CT molecular complexity index is 614. The molecule has 2 rings (SSSR count). The molecule has 0 saturated carbocycles. The highest BCUT2D eigenvalue weighted by Gasteiger charge is 2.10. The van der Waals surface area contributed by atoms with E-state index in [-0.39, 0.29) is 11.6 Å². The first-order valence-electron chi connectivity index (χ1n) is 6.98. The zero-order valence-electron chi connectivity index (χ0n) is 12.2. The third-order valence-corrected chi connectivity index (χ3v) is 3.28. The number of hydrogen-bond donors (Lipinski definition) is 1. The third-order valence-electron chi connectivity index (χ3n) is 3.28. The average Bonchev–Trinajstić information content (AvgIpc) is 2.49. The predicted octanol–water partition coefficient (Wildman–Crippen LogP) is 4.14. The van der Waals surface area contributed by atoms with Crippen LogP contribution in [0.4, 0.5) is 8.78 Å². The monoisotopic (exact) mass is 291 g/mol. The summed E-state index contributed by atoms with van der Waals surface area (Å²) in [5.74, 6) is -0.604. The standard InChI is InChI=1S/C17H19F2NO/c1-3-8-20-11-13-4-6-14(18)10-15(13)12-5-7-17(21-2)16(19)9-12/h4-7,9-10,20H,3,8,11H2,1-2H3. The molecule has 0 unspecified atom stereocenters. The van der Waals surface area contributed by atoms with Gasteiger partial charge in [0.25, 0.3) is 0 Å². The van der Waals surface area contributed by atoms with Gasteiger partial charge in [0.1, 0.15) is 5.82 Å². The number of hydrogen-bond acceptors (Lipinski definition) is 2. The zero-order chi connectivity index (χ0) is 15.2. The molecular formula is C17H19F2NO. The van der Waals surface area contributed by atoms with Crippen molar-refractivity contribution in [2.24, 2.45) is 0 Å². The summed E-state index contributed by atoms with van der Waals surface area (Å²) in [4.78, 5) is 0. The van der Waals surface area contributed by atoms with E-state index in [2.05, 4.69) is 12.2 Å². The average molecular weight is 291 g/mol. The number of rotatable bonds is 6. The first-order chi connectivity index (χ1) is 10.2. The molecule has 0 fully saturated rings. The van der Waals surface area contributed by atoms with Gasteiger partial charge in [0, 0.05) is 6.54 Å². The van der Waals surface area contributed by atoms with Crippen LogP contribution in [-0.4, -0.2) is 13.7 Å². The summed E-state index contributed by atoms with van der Waals surface area (Å²) >= 11 is 0. The fourth-order valence-electron chi connectivity index (χ4n) is 2.21. The van der Waals surface area contributed by atoms with Gasteiger partial charge in [-0.05, 0) is 53.9 Å². The summed E-state index contributed by atoms with van der Waals surface area (Å²) in [6.45, 7) is 3.59. The highest BCUT2D eigenvalue weighted by molar-refractivity contribution is 5.68. The van der Waals surface area contributed by atoms with Crippen molar-refractivity contribution >= 4 is 0 Å². The Morgan fingerprint density at radius 2 is 1.90 bits per heavy atom. The topological polar surface area (TPSA) is 21.3 Å². The van der Waals surface area contributed by atoms with Gasteiger partial charge < -0.3 is 10.1 Å². The maximum atomic E-state index is 13.8. The number of methoxy groups -OCH3 is 1. The second-order valence-corrected chi connectivity index (χ2v) is 4.83. The van der Waals surface area contributed by atoms with E-state index in [0.717, 1.165) is 18.5 Å². The van der Waals surface area contributed by atoms with Crippen molar-refractivity contribution in [3.8, 4) is 16.9 Å². The lowest BCUT2D eigenvalue weighted by Gasteiger charge is -2.12. The molecule has 112 valence electrons. The minimum absolute atomic E-state index is 0.181. The van der Waals surface area contributed by atoms with Crippen LogP contribution in [0.15, 0.2) is 36.4 Å². The molecule has 0 saturated heterocycles. The molecule has 0 atom stereocenters. The zero-order valence-corrected chi connectivity index (χ0v) is 12.2. The molecule has 1 N–H and O–H groups in total. The summed E-state index contributed by atoms with van der Waals surface area (Å²) < 4.78 is 32.3. The van der Waals surface area contributed by atoms with E-state index in [1.54, 1.807) is 18.2 Å². The molecule has 2 aromatic rings. The quantitative estimate of drug-likeness (QED) is 0.808. The SMILES string of the molecule is CCCNCc1ccc(F)cc1-c1ccc(OC)c(F)c1. The Balaban J connectivity index is 2.36. The number of halogens is 2. The summed E-state index contributed by atoms with van der Waals surface area (Å²) in [5.41, 5.74) is 2.27. The summed E-state index contributed by atoms with van der Waals surface area (Å²) in [7, 11) is 1.42. The van der Waals surface area contributed by atoms with Crippen molar-refractivity contribution in [2.75, 3.05) is 13.7 Å². The van der Waals surface area contributed by atoms with Crippen LogP contribution in [0.5, 0.6) is 5.75 Å². The van der Waals surface area contributed by atoms with Crippen molar-refractivity contribution in [3.05, 3.63) is 53.6 Å². The fourth-order valence-corrected chi connectivity index (χ4v) is 2.21. The van der Waals surface area contributed by atoms with E-state index in [1.807, 2.05) is 0 Å². The van der Waals surface area contributed by atoms with Crippen LogP contribution in [0.2, 0.25) is 0 Å². The van der Waals surface area contributed by atoms with E-state index in [9.17, 15) is 8.78 Å². The maximum absolute atomic E-state index is 13.8. The van der Waals surface area contributed by atoms with E-state index in [1.165, 1.54) is 25.3 Å². The van der Waals surface area contributed by atoms with Crippen LogP contribution < -0.4 is 10.1 Å². The van der Waals surface area contributed by atoms with Gasteiger partial charge in [0.15, 0.2) is 11.6 Å². The van der Waals surface area contributed by atoms with E-state index >= 15 is 0 Å². The summed E-state index contributed by atoms with van der Waals surface area (Å²) in [6, 6.07) is 9.25. The Kier molecular flexibility index (Phi) is 5.28. The predicted molar refractivity (Wildman–Crippen MR) is 80.3 cm³/mol. The molecule has 0 aliphatic carbocycles. The van der Waals surface area contributed by atoms with E-state index in [4.69, 9.17) is 4.74 Å². The van der Waals surface area contributed by atoms with Crippen molar-refractivity contribution in [1.29, 1.82) is 0 Å². The van der Waals surface area contributed by atoms with Gasteiger partial charge in [0.2, 0.25) is 0 Å². The molecule has 0 radical (unpaired) electrons. The van der Waals surface area contributed by atoms with Crippen LogP contribution in [0.25, 0.3) is 11.1 Å². The third kappa shape index (κ3) is 3.79. The highest BCUT2D eigenvalue weighted by Crippen LogP contribution is 2.28. The number of ether oxygens (including phenoxy) is 1. The molecule has 0 aliphatic rings. The molecular weight excluding hydrogens is 272 g/mol. The fraction of sp³-hybridized carbons (Fsp3) is 0.294. The minimum Gasteiger partial charge on any atom is -0.494 e. The van der Waals surface area contributed by atoms with Crippen LogP contribution >= 0.6 is 0 Å². The molecule has 2 nitrogen and oxygen atoms in total. The first kappa shape index (κ1) is 15.4. The Labute approximate surface area is 123 Å². The van der Waals surface area contributed by atoms with Gasteiger partial charge in [-0.2, -0.15) is 0 Å². The van der Waals surface area contributed by atoms with Crippen molar-refractivity contribution < 1.29 is 13.5 Å².